The third-order valence-corrected chi connectivity index (χ3v) is 2.41. The maximum atomic E-state index is 11.4. The summed E-state index contributed by atoms with van der Waals surface area (Å²) in [7, 11) is 0. The monoisotopic (exact) mass is 266 g/mol. The zero-order chi connectivity index (χ0) is 14.4. The number of amides is 1. The summed E-state index contributed by atoms with van der Waals surface area (Å²) >= 11 is 0. The van der Waals surface area contributed by atoms with Crippen LogP contribution < -0.4 is 16.2 Å². The molecule has 3 N–H and O–H groups in total. The first-order chi connectivity index (χ1) is 8.88. The van der Waals surface area contributed by atoms with Crippen LogP contribution >= 0.6 is 0 Å². The molecule has 0 saturated carbocycles. The average molecular weight is 266 g/mol. The molecule has 0 unspecified atom stereocenters. The molecule has 0 spiro atoms. The molecule has 0 atom stereocenters. The van der Waals surface area contributed by atoms with Crippen molar-refractivity contribution in [3.63, 3.8) is 0 Å². The zero-order valence-corrected chi connectivity index (χ0v) is 11.9. The molecule has 106 valence electrons. The Morgan fingerprint density at radius 2 is 2.05 bits per heavy atom. The Hall–Kier alpha value is -1.85. The minimum Gasteiger partial charge on any atom is -0.369 e. The Morgan fingerprint density at radius 3 is 2.63 bits per heavy atom. The number of aromatic nitrogens is 2. The van der Waals surface area contributed by atoms with Crippen molar-refractivity contribution in [2.75, 3.05) is 11.9 Å². The first-order valence-corrected chi connectivity index (χ1v) is 6.53. The first kappa shape index (κ1) is 15.2. The van der Waals surface area contributed by atoms with Gasteiger partial charge in [-0.15, -0.1) is 0 Å². The summed E-state index contributed by atoms with van der Waals surface area (Å²) in [5.74, 6) is 1.28. The Morgan fingerprint density at radius 1 is 1.37 bits per heavy atom. The minimum atomic E-state index is -0.187. The number of hydrogen-bond donors (Lipinski definition) is 3. The van der Waals surface area contributed by atoms with Crippen molar-refractivity contribution < 1.29 is 4.79 Å². The van der Waals surface area contributed by atoms with Crippen LogP contribution in [0, 0.1) is 0 Å². The van der Waals surface area contributed by atoms with Gasteiger partial charge in [0.05, 0.1) is 0 Å². The molecule has 19 heavy (non-hydrogen) atoms. The predicted molar refractivity (Wildman–Crippen MR) is 75.3 cm³/mol. The van der Waals surface area contributed by atoms with E-state index in [4.69, 9.17) is 0 Å². The van der Waals surface area contributed by atoms with Gasteiger partial charge in [-0.05, 0) is 13.8 Å². The molecule has 1 aromatic heterocycles. The number of carbonyl (C=O) groups excluding carboxylic acids is 1. The van der Waals surface area contributed by atoms with Gasteiger partial charge in [0.2, 0.25) is 5.91 Å². The number of H-pyrrole nitrogens is 1. The molecule has 6 nitrogen and oxygen atoms in total. The smallest absolute Gasteiger partial charge is 0.252 e. The highest BCUT2D eigenvalue weighted by molar-refractivity contribution is 5.76. The van der Waals surface area contributed by atoms with E-state index >= 15 is 0 Å². The van der Waals surface area contributed by atoms with Crippen LogP contribution in [-0.4, -0.2) is 28.5 Å². The van der Waals surface area contributed by atoms with Gasteiger partial charge in [0.1, 0.15) is 11.6 Å². The lowest BCUT2D eigenvalue weighted by Crippen LogP contribution is -2.31. The van der Waals surface area contributed by atoms with E-state index in [0.29, 0.717) is 24.6 Å². The van der Waals surface area contributed by atoms with Crippen LogP contribution in [0.5, 0.6) is 0 Å². The largest absolute Gasteiger partial charge is 0.369 e. The van der Waals surface area contributed by atoms with Gasteiger partial charge in [-0.25, -0.2) is 4.98 Å². The fraction of sp³-hybridized carbons (Fsp3) is 0.615. The summed E-state index contributed by atoms with van der Waals surface area (Å²) in [4.78, 5) is 29.9. The summed E-state index contributed by atoms with van der Waals surface area (Å²) < 4.78 is 0. The van der Waals surface area contributed by atoms with Gasteiger partial charge in [-0.2, -0.15) is 0 Å². The molecular weight excluding hydrogens is 244 g/mol. The van der Waals surface area contributed by atoms with E-state index in [-0.39, 0.29) is 23.4 Å². The highest BCUT2D eigenvalue weighted by Crippen LogP contribution is 2.08. The van der Waals surface area contributed by atoms with Gasteiger partial charge in [0.25, 0.3) is 5.56 Å². The summed E-state index contributed by atoms with van der Waals surface area (Å²) in [5.41, 5.74) is -0.187. The topological polar surface area (TPSA) is 86.9 Å². The van der Waals surface area contributed by atoms with E-state index in [2.05, 4.69) is 20.6 Å². The standard InChI is InChI=1S/C13H22N4O2/c1-8(2)13-16-10(7-12(19)17-13)14-6-5-11(18)15-9(3)4/h7-9H,5-6H2,1-4H3,(H,15,18)(H2,14,16,17,19). The second-order valence-electron chi connectivity index (χ2n) is 5.07. The Kier molecular flexibility index (Phi) is 5.54. The van der Waals surface area contributed by atoms with Crippen molar-refractivity contribution in [1.82, 2.24) is 15.3 Å². The molecular formula is C13H22N4O2. The first-order valence-electron chi connectivity index (χ1n) is 6.53. The molecule has 1 amide bonds. The van der Waals surface area contributed by atoms with Crippen LogP contribution in [0.15, 0.2) is 10.9 Å². The quantitative estimate of drug-likeness (QED) is 0.722. The molecule has 0 radical (unpaired) electrons. The zero-order valence-electron chi connectivity index (χ0n) is 11.9. The number of carbonyl (C=O) groups is 1. The normalized spacial score (nSPS) is 10.8. The Balaban J connectivity index is 2.54. The molecule has 0 saturated heterocycles. The predicted octanol–water partition coefficient (Wildman–Crippen LogP) is 1.22. The number of hydrogen-bond acceptors (Lipinski definition) is 4. The molecule has 0 aliphatic rings. The Labute approximate surface area is 113 Å². The second-order valence-corrected chi connectivity index (χ2v) is 5.07. The van der Waals surface area contributed by atoms with Crippen LogP contribution in [0.4, 0.5) is 5.82 Å². The number of aromatic amines is 1. The van der Waals surface area contributed by atoms with E-state index < -0.39 is 0 Å². The fourth-order valence-electron chi connectivity index (χ4n) is 1.54. The molecule has 1 rings (SSSR count). The van der Waals surface area contributed by atoms with Crippen LogP contribution in [0.1, 0.15) is 45.9 Å². The second kappa shape index (κ2) is 6.92. The van der Waals surface area contributed by atoms with Crippen LogP contribution in [0.25, 0.3) is 0 Å². The van der Waals surface area contributed by atoms with Crippen molar-refractivity contribution in [3.8, 4) is 0 Å². The van der Waals surface area contributed by atoms with Crippen molar-refractivity contribution >= 4 is 11.7 Å². The van der Waals surface area contributed by atoms with E-state index in [9.17, 15) is 9.59 Å². The number of rotatable bonds is 6. The number of anilines is 1. The van der Waals surface area contributed by atoms with Gasteiger partial charge in [0.15, 0.2) is 0 Å². The fourth-order valence-corrected chi connectivity index (χ4v) is 1.54. The average Bonchev–Trinajstić information content (AvgIpc) is 2.27. The van der Waals surface area contributed by atoms with Crippen LogP contribution in [-0.2, 0) is 4.79 Å². The van der Waals surface area contributed by atoms with Gasteiger partial charge < -0.3 is 15.6 Å². The minimum absolute atomic E-state index is 0.0172. The summed E-state index contributed by atoms with van der Waals surface area (Å²) in [5, 5.41) is 5.80. The van der Waals surface area contributed by atoms with Crippen molar-refractivity contribution in [2.45, 2.75) is 46.1 Å². The molecule has 0 aliphatic carbocycles. The highest BCUT2D eigenvalue weighted by atomic mass is 16.1. The van der Waals surface area contributed by atoms with Crippen molar-refractivity contribution in [2.24, 2.45) is 0 Å². The molecule has 0 bridgehead atoms. The number of nitrogens with one attached hydrogen (secondary N) is 3. The van der Waals surface area contributed by atoms with E-state index in [1.807, 2.05) is 27.7 Å². The van der Waals surface area contributed by atoms with Gasteiger partial charge in [-0.3, -0.25) is 9.59 Å². The lowest BCUT2D eigenvalue weighted by atomic mass is 10.2. The molecule has 0 aromatic carbocycles. The van der Waals surface area contributed by atoms with Crippen LogP contribution in [0.2, 0.25) is 0 Å². The van der Waals surface area contributed by atoms with Crippen molar-refractivity contribution in [1.29, 1.82) is 0 Å². The lowest BCUT2D eigenvalue weighted by Gasteiger charge is -2.10. The Bertz CT molecular complexity index is 480. The SMILES string of the molecule is CC(C)NC(=O)CCNc1cc(=O)[nH]c(C(C)C)n1. The summed E-state index contributed by atoms with van der Waals surface area (Å²) in [6, 6.07) is 1.53. The third kappa shape index (κ3) is 5.54. The molecule has 1 heterocycles. The van der Waals surface area contributed by atoms with E-state index in [0.717, 1.165) is 0 Å². The maximum Gasteiger partial charge on any atom is 0.252 e. The van der Waals surface area contributed by atoms with Gasteiger partial charge in [0, 0.05) is 31.0 Å². The number of nitrogens with zero attached hydrogens (tertiary/aromatic N) is 1. The van der Waals surface area contributed by atoms with Gasteiger partial charge >= 0.3 is 0 Å². The third-order valence-electron chi connectivity index (χ3n) is 2.41. The molecule has 6 heteroatoms. The summed E-state index contributed by atoms with van der Waals surface area (Å²) in [6.07, 6.45) is 0.351. The summed E-state index contributed by atoms with van der Waals surface area (Å²) in [6.45, 7) is 8.19. The lowest BCUT2D eigenvalue weighted by molar-refractivity contribution is -0.121. The molecule has 0 aliphatic heterocycles. The van der Waals surface area contributed by atoms with E-state index in [1.165, 1.54) is 6.07 Å². The maximum absolute atomic E-state index is 11.4. The van der Waals surface area contributed by atoms with Crippen LogP contribution in [0.3, 0.4) is 0 Å². The van der Waals surface area contributed by atoms with E-state index in [1.54, 1.807) is 0 Å². The highest BCUT2D eigenvalue weighted by Gasteiger charge is 2.06. The molecule has 0 fully saturated rings. The van der Waals surface area contributed by atoms with Gasteiger partial charge in [-0.1, -0.05) is 13.8 Å². The van der Waals surface area contributed by atoms with Crippen molar-refractivity contribution in [3.05, 3.63) is 22.2 Å². The molecule has 1 aromatic rings.